The third-order valence-electron chi connectivity index (χ3n) is 2.77. The summed E-state index contributed by atoms with van der Waals surface area (Å²) in [6.07, 6.45) is 0.670. The molecule has 0 fully saturated rings. The molecule has 1 aromatic rings. The van der Waals surface area contributed by atoms with Gasteiger partial charge in [-0.15, -0.1) is 0 Å². The third kappa shape index (κ3) is 1.92. The molecule has 2 N–H and O–H groups in total. The number of carbonyl (C=O) groups is 3. The number of hydrogen-bond acceptors (Lipinski definition) is 5. The number of nitrogen functional groups attached to an aromatic ring is 1. The molecule has 1 aliphatic rings. The molecule has 0 saturated heterocycles. The normalized spacial score (nSPS) is 14.1. The van der Waals surface area contributed by atoms with Crippen LogP contribution in [0.25, 0.3) is 0 Å². The van der Waals surface area contributed by atoms with Gasteiger partial charge in [-0.05, 0) is 30.2 Å². The fourth-order valence-corrected chi connectivity index (χ4v) is 1.91. The van der Waals surface area contributed by atoms with Gasteiger partial charge in [0.1, 0.15) is 0 Å². The number of ether oxygens (including phenoxy) is 1. The van der Waals surface area contributed by atoms with Gasteiger partial charge >= 0.3 is 11.9 Å². The molecule has 0 atom stereocenters. The van der Waals surface area contributed by atoms with E-state index in [1.54, 1.807) is 18.2 Å². The van der Waals surface area contributed by atoms with Crippen LogP contribution in [0.4, 0.5) is 11.4 Å². The van der Waals surface area contributed by atoms with Crippen molar-refractivity contribution in [2.24, 2.45) is 0 Å². The lowest BCUT2D eigenvalue weighted by Gasteiger charge is -2.26. The smallest absolute Gasteiger partial charge is 0.397 e. The highest BCUT2D eigenvalue weighted by Gasteiger charge is 2.33. The molecule has 2 amide bonds. The first-order valence-electron chi connectivity index (χ1n) is 5.38. The molecule has 0 spiro atoms. The van der Waals surface area contributed by atoms with Crippen molar-refractivity contribution >= 4 is 29.2 Å². The molecule has 0 radical (unpaired) electrons. The van der Waals surface area contributed by atoms with Crippen molar-refractivity contribution in [3.8, 4) is 0 Å². The highest BCUT2D eigenvalue weighted by Crippen LogP contribution is 2.29. The van der Waals surface area contributed by atoms with Crippen LogP contribution in [-0.2, 0) is 25.5 Å². The Hall–Kier alpha value is -2.37. The van der Waals surface area contributed by atoms with E-state index in [9.17, 15) is 14.4 Å². The quantitative estimate of drug-likeness (QED) is 0.404. The number of fused-ring (bicyclic) bond motifs is 1. The maximum absolute atomic E-state index is 11.8. The molecule has 0 aliphatic carbocycles. The van der Waals surface area contributed by atoms with Crippen molar-refractivity contribution in [2.75, 3.05) is 17.7 Å². The summed E-state index contributed by atoms with van der Waals surface area (Å²) in [5, 5.41) is 0. The molecule has 2 rings (SSSR count). The lowest BCUT2D eigenvalue weighted by Crippen LogP contribution is -2.44. The number of amides is 2. The Labute approximate surface area is 103 Å². The van der Waals surface area contributed by atoms with Gasteiger partial charge in [-0.3, -0.25) is 9.59 Å². The molecule has 0 bridgehead atoms. The largest absolute Gasteiger partial charge is 0.462 e. The second-order valence-corrected chi connectivity index (χ2v) is 3.91. The molecule has 94 valence electrons. The Kier molecular flexibility index (Phi) is 3.01. The number of rotatable bonds is 0. The first-order chi connectivity index (χ1) is 8.54. The summed E-state index contributed by atoms with van der Waals surface area (Å²) in [6.45, 7) is 0. The topological polar surface area (TPSA) is 89.7 Å². The van der Waals surface area contributed by atoms with Crippen molar-refractivity contribution < 1.29 is 19.1 Å². The van der Waals surface area contributed by atoms with E-state index in [-0.39, 0.29) is 6.42 Å². The number of benzene rings is 1. The number of carbonyl (C=O) groups excluding carboxylic acids is 3. The second-order valence-electron chi connectivity index (χ2n) is 3.91. The summed E-state index contributed by atoms with van der Waals surface area (Å²) < 4.78 is 4.35. The minimum atomic E-state index is -1.06. The van der Waals surface area contributed by atoms with Crippen molar-refractivity contribution in [2.45, 2.75) is 12.8 Å². The predicted molar refractivity (Wildman–Crippen MR) is 63.7 cm³/mol. The number of esters is 1. The number of aryl methyl sites for hydroxylation is 1. The summed E-state index contributed by atoms with van der Waals surface area (Å²) in [4.78, 5) is 35.7. The molecule has 0 aromatic heterocycles. The van der Waals surface area contributed by atoms with E-state index >= 15 is 0 Å². The highest BCUT2D eigenvalue weighted by atomic mass is 16.5. The number of hydrogen-bond donors (Lipinski definition) is 1. The van der Waals surface area contributed by atoms with E-state index in [4.69, 9.17) is 5.73 Å². The highest BCUT2D eigenvalue weighted by molar-refractivity contribution is 6.43. The second kappa shape index (κ2) is 4.48. The standard InChI is InChI=1S/C12H12N2O4/c1-18-12(17)11(16)14-9-4-3-8(13)6-7(9)2-5-10(14)15/h3-4,6H,2,5,13H2,1H3. The fourth-order valence-electron chi connectivity index (χ4n) is 1.91. The van der Waals surface area contributed by atoms with Crippen molar-refractivity contribution in [3.63, 3.8) is 0 Å². The fraction of sp³-hybridized carbons (Fsp3) is 0.250. The zero-order valence-electron chi connectivity index (χ0n) is 9.80. The first-order valence-corrected chi connectivity index (χ1v) is 5.38. The SMILES string of the molecule is COC(=O)C(=O)N1C(=O)CCc2cc(N)ccc21. The summed E-state index contributed by atoms with van der Waals surface area (Å²) >= 11 is 0. The van der Waals surface area contributed by atoms with Crippen molar-refractivity contribution in [3.05, 3.63) is 23.8 Å². The number of nitrogens with two attached hydrogens (primary N) is 1. The summed E-state index contributed by atoms with van der Waals surface area (Å²) in [5.41, 5.74) is 7.36. The minimum Gasteiger partial charge on any atom is -0.462 e. The van der Waals surface area contributed by atoms with Crippen LogP contribution in [0.5, 0.6) is 0 Å². The zero-order chi connectivity index (χ0) is 13.3. The Morgan fingerprint density at radius 2 is 2.06 bits per heavy atom. The Bertz CT molecular complexity index is 539. The Balaban J connectivity index is 2.45. The van der Waals surface area contributed by atoms with Crippen LogP contribution in [0.3, 0.4) is 0 Å². The van der Waals surface area contributed by atoms with Crippen LogP contribution in [0.15, 0.2) is 18.2 Å². The predicted octanol–water partition coefficient (Wildman–Crippen LogP) is 0.248. The monoisotopic (exact) mass is 248 g/mol. The van der Waals surface area contributed by atoms with E-state index in [0.717, 1.165) is 17.6 Å². The molecule has 1 aromatic carbocycles. The lowest BCUT2D eigenvalue weighted by molar-refractivity contribution is -0.152. The molecule has 0 saturated carbocycles. The maximum atomic E-state index is 11.8. The molecule has 6 nitrogen and oxygen atoms in total. The van der Waals surface area contributed by atoms with Gasteiger partial charge in [-0.25, -0.2) is 9.69 Å². The summed E-state index contributed by atoms with van der Waals surface area (Å²) in [6, 6.07) is 4.83. The molecular formula is C12H12N2O4. The van der Waals surface area contributed by atoms with Crippen LogP contribution in [0.1, 0.15) is 12.0 Å². The average molecular weight is 248 g/mol. The van der Waals surface area contributed by atoms with Crippen LogP contribution >= 0.6 is 0 Å². The maximum Gasteiger partial charge on any atom is 0.397 e. The zero-order valence-corrected chi connectivity index (χ0v) is 9.80. The summed E-state index contributed by atoms with van der Waals surface area (Å²) in [5.74, 6) is -2.45. The number of nitrogens with zero attached hydrogens (tertiary/aromatic N) is 1. The van der Waals surface area contributed by atoms with Gasteiger partial charge in [-0.2, -0.15) is 0 Å². The number of imide groups is 1. The minimum absolute atomic E-state index is 0.166. The van der Waals surface area contributed by atoms with E-state index < -0.39 is 17.8 Å². The van der Waals surface area contributed by atoms with Crippen LogP contribution in [0.2, 0.25) is 0 Å². The van der Waals surface area contributed by atoms with Gasteiger partial charge in [0, 0.05) is 12.1 Å². The third-order valence-corrected chi connectivity index (χ3v) is 2.77. The molecule has 0 unspecified atom stereocenters. The Morgan fingerprint density at radius 1 is 1.33 bits per heavy atom. The van der Waals surface area contributed by atoms with Gasteiger partial charge in [0.25, 0.3) is 0 Å². The summed E-state index contributed by atoms with van der Waals surface area (Å²) in [7, 11) is 1.10. The van der Waals surface area contributed by atoms with Crippen LogP contribution in [-0.4, -0.2) is 24.9 Å². The first kappa shape index (κ1) is 12.1. The molecule has 6 heteroatoms. The molecular weight excluding hydrogens is 236 g/mol. The van der Waals surface area contributed by atoms with Gasteiger partial charge < -0.3 is 10.5 Å². The van der Waals surface area contributed by atoms with Crippen molar-refractivity contribution in [1.29, 1.82) is 0 Å². The Morgan fingerprint density at radius 3 is 2.72 bits per heavy atom. The molecule has 1 aliphatic heterocycles. The molecule has 18 heavy (non-hydrogen) atoms. The van der Waals surface area contributed by atoms with Gasteiger partial charge in [-0.1, -0.05) is 0 Å². The average Bonchev–Trinajstić information content (AvgIpc) is 2.37. The van der Waals surface area contributed by atoms with Gasteiger partial charge in [0.2, 0.25) is 5.91 Å². The lowest BCUT2D eigenvalue weighted by atomic mass is 10.0. The van der Waals surface area contributed by atoms with E-state index in [1.165, 1.54) is 0 Å². The van der Waals surface area contributed by atoms with E-state index in [0.29, 0.717) is 17.8 Å². The number of anilines is 2. The van der Waals surface area contributed by atoms with E-state index in [2.05, 4.69) is 4.74 Å². The molecule has 1 heterocycles. The van der Waals surface area contributed by atoms with Crippen LogP contribution < -0.4 is 10.6 Å². The van der Waals surface area contributed by atoms with Gasteiger partial charge in [0.05, 0.1) is 12.8 Å². The van der Waals surface area contributed by atoms with Crippen molar-refractivity contribution in [1.82, 2.24) is 0 Å². The number of methoxy groups -OCH3 is 1. The van der Waals surface area contributed by atoms with Gasteiger partial charge in [0.15, 0.2) is 0 Å². The van der Waals surface area contributed by atoms with Crippen LogP contribution in [0, 0.1) is 0 Å². The van der Waals surface area contributed by atoms with E-state index in [1.807, 2.05) is 0 Å².